The van der Waals surface area contributed by atoms with Crippen molar-refractivity contribution in [3.63, 3.8) is 0 Å². The highest BCUT2D eigenvalue weighted by molar-refractivity contribution is 5.86. The summed E-state index contributed by atoms with van der Waals surface area (Å²) in [6, 6.07) is 0. The van der Waals surface area contributed by atoms with Gasteiger partial charge in [0.1, 0.15) is 0 Å². The molecule has 2 fully saturated rings. The molecule has 0 bridgehead atoms. The van der Waals surface area contributed by atoms with Crippen molar-refractivity contribution in [3.05, 3.63) is 28.4 Å². The van der Waals surface area contributed by atoms with Gasteiger partial charge in [-0.05, 0) is 19.3 Å². The van der Waals surface area contributed by atoms with E-state index >= 15 is 0 Å². The van der Waals surface area contributed by atoms with Gasteiger partial charge in [-0.15, -0.1) is 0 Å². The zero-order valence-corrected chi connectivity index (χ0v) is 13.5. The number of carbonyl (C=O) groups excluding carboxylic acids is 2. The minimum atomic E-state index is -0.523. The Labute approximate surface area is 139 Å². The van der Waals surface area contributed by atoms with Gasteiger partial charge in [-0.25, -0.2) is 4.98 Å². The van der Waals surface area contributed by atoms with Gasteiger partial charge in [-0.3, -0.25) is 14.4 Å². The van der Waals surface area contributed by atoms with Crippen LogP contribution in [0.5, 0.6) is 0 Å². The van der Waals surface area contributed by atoms with Crippen molar-refractivity contribution in [1.29, 1.82) is 0 Å². The lowest BCUT2D eigenvalue weighted by molar-refractivity contribution is -0.146. The molecule has 2 aliphatic rings. The Balaban J connectivity index is 1.68. The van der Waals surface area contributed by atoms with E-state index in [-0.39, 0.29) is 30.4 Å². The first kappa shape index (κ1) is 16.6. The van der Waals surface area contributed by atoms with E-state index in [2.05, 4.69) is 9.97 Å². The topological polar surface area (TPSA) is 107 Å². The number of hydrogen-bond acceptors (Lipinski definition) is 5. The molecular weight excluding hydrogens is 312 g/mol. The highest BCUT2D eigenvalue weighted by Gasteiger charge is 2.49. The number of aliphatic hydroxyl groups is 1. The molecule has 24 heavy (non-hydrogen) atoms. The Morgan fingerprint density at radius 2 is 2.17 bits per heavy atom. The molecule has 0 saturated carbocycles. The van der Waals surface area contributed by atoms with E-state index in [1.54, 1.807) is 9.80 Å². The molecule has 1 atom stereocenters. The van der Waals surface area contributed by atoms with Gasteiger partial charge in [-0.1, -0.05) is 0 Å². The summed E-state index contributed by atoms with van der Waals surface area (Å²) in [4.78, 5) is 46.6. The molecule has 3 heterocycles. The maximum absolute atomic E-state index is 12.7. The third kappa shape index (κ3) is 3.06. The fourth-order valence-electron chi connectivity index (χ4n) is 3.73. The molecule has 8 nitrogen and oxygen atoms in total. The number of likely N-dealkylation sites (tertiary alicyclic amines) is 2. The third-order valence-corrected chi connectivity index (χ3v) is 5.03. The van der Waals surface area contributed by atoms with Crippen molar-refractivity contribution in [2.45, 2.75) is 25.7 Å². The first-order chi connectivity index (χ1) is 11.6. The smallest absolute Gasteiger partial charge is 0.254 e. The van der Waals surface area contributed by atoms with Gasteiger partial charge >= 0.3 is 0 Å². The molecule has 8 heteroatoms. The second-order valence-corrected chi connectivity index (χ2v) is 6.55. The van der Waals surface area contributed by atoms with Crippen LogP contribution in [0.4, 0.5) is 0 Å². The lowest BCUT2D eigenvalue weighted by Gasteiger charge is -2.39. The lowest BCUT2D eigenvalue weighted by Crippen LogP contribution is -2.51. The first-order valence-electron chi connectivity index (χ1n) is 8.25. The third-order valence-electron chi connectivity index (χ3n) is 5.03. The number of hydrogen-bond donors (Lipinski definition) is 2. The van der Waals surface area contributed by atoms with Crippen LogP contribution in [0.15, 0.2) is 17.3 Å². The van der Waals surface area contributed by atoms with Gasteiger partial charge in [0.15, 0.2) is 0 Å². The number of aromatic nitrogens is 2. The number of nitrogens with one attached hydrogen (secondary N) is 1. The number of H-pyrrole nitrogens is 1. The fourth-order valence-corrected chi connectivity index (χ4v) is 3.73. The number of carbonyl (C=O) groups is 2. The molecule has 0 aliphatic carbocycles. The van der Waals surface area contributed by atoms with Gasteiger partial charge in [0, 0.05) is 37.9 Å². The molecule has 0 aromatic carbocycles. The predicted molar refractivity (Wildman–Crippen MR) is 85.1 cm³/mol. The Kier molecular flexibility index (Phi) is 4.66. The molecule has 2 amide bonds. The minimum absolute atomic E-state index is 0.00615. The fraction of sp³-hybridized carbons (Fsp3) is 0.625. The van der Waals surface area contributed by atoms with Crippen LogP contribution in [-0.4, -0.2) is 69.5 Å². The zero-order chi connectivity index (χ0) is 17.2. The van der Waals surface area contributed by atoms with E-state index in [0.717, 1.165) is 12.8 Å². The highest BCUT2D eigenvalue weighted by atomic mass is 16.3. The van der Waals surface area contributed by atoms with E-state index in [1.165, 1.54) is 12.5 Å². The van der Waals surface area contributed by atoms with Gasteiger partial charge in [0.2, 0.25) is 11.8 Å². The van der Waals surface area contributed by atoms with Crippen LogP contribution in [0, 0.1) is 5.41 Å². The summed E-state index contributed by atoms with van der Waals surface area (Å²) in [5, 5.41) is 9.10. The van der Waals surface area contributed by atoms with E-state index in [1.807, 2.05) is 0 Å². The Morgan fingerprint density at radius 3 is 2.92 bits per heavy atom. The quantitative estimate of drug-likeness (QED) is 0.746. The standard InChI is InChI=1S/C16H22N4O4/c21-7-6-19-4-1-2-16(15(19)24)3-5-20(10-16)13(22)8-12-9-17-11-18-14(12)23/h9,11,21H,1-8,10H2,(H,17,18,23)/t16-/m0/s1. The molecule has 2 saturated heterocycles. The summed E-state index contributed by atoms with van der Waals surface area (Å²) in [5.74, 6) is -0.116. The van der Waals surface area contributed by atoms with Gasteiger partial charge in [-0.2, -0.15) is 0 Å². The molecule has 0 unspecified atom stereocenters. The second kappa shape index (κ2) is 6.72. The molecule has 2 N–H and O–H groups in total. The molecule has 2 aliphatic heterocycles. The van der Waals surface area contributed by atoms with Crippen molar-refractivity contribution >= 4 is 11.8 Å². The first-order valence-corrected chi connectivity index (χ1v) is 8.25. The monoisotopic (exact) mass is 334 g/mol. The second-order valence-electron chi connectivity index (χ2n) is 6.55. The number of aromatic amines is 1. The van der Waals surface area contributed by atoms with Crippen LogP contribution in [-0.2, 0) is 16.0 Å². The average Bonchev–Trinajstić information content (AvgIpc) is 3.00. The average molecular weight is 334 g/mol. The van der Waals surface area contributed by atoms with Crippen LogP contribution in [0.2, 0.25) is 0 Å². The Bertz CT molecular complexity index is 687. The van der Waals surface area contributed by atoms with E-state index in [9.17, 15) is 14.4 Å². The van der Waals surface area contributed by atoms with Crippen molar-refractivity contribution in [3.8, 4) is 0 Å². The summed E-state index contributed by atoms with van der Waals surface area (Å²) in [6.45, 7) is 1.88. The van der Waals surface area contributed by atoms with Gasteiger partial charge in [0.25, 0.3) is 5.56 Å². The van der Waals surface area contributed by atoms with Crippen molar-refractivity contribution in [2.75, 3.05) is 32.8 Å². The SMILES string of the molecule is O=C(Cc1cnc[nH]c1=O)N1CC[C@@]2(CCCN(CCO)C2=O)C1. The molecule has 1 spiro atoms. The van der Waals surface area contributed by atoms with Crippen LogP contribution < -0.4 is 5.56 Å². The number of aliphatic hydroxyl groups excluding tert-OH is 1. The van der Waals surface area contributed by atoms with Crippen LogP contribution in [0.25, 0.3) is 0 Å². The Morgan fingerprint density at radius 1 is 1.33 bits per heavy atom. The Hall–Kier alpha value is -2.22. The number of rotatable bonds is 4. The summed E-state index contributed by atoms with van der Waals surface area (Å²) in [5.41, 5.74) is -0.500. The predicted octanol–water partition coefficient (Wildman–Crippen LogP) is -0.854. The number of nitrogens with zero attached hydrogens (tertiary/aromatic N) is 3. The summed E-state index contributed by atoms with van der Waals surface area (Å²) < 4.78 is 0. The minimum Gasteiger partial charge on any atom is -0.395 e. The molecule has 0 radical (unpaired) electrons. The molecule has 1 aromatic heterocycles. The van der Waals surface area contributed by atoms with Gasteiger partial charge < -0.3 is 19.9 Å². The van der Waals surface area contributed by atoms with E-state index < -0.39 is 5.41 Å². The molecule has 3 rings (SSSR count). The van der Waals surface area contributed by atoms with Crippen molar-refractivity contribution in [1.82, 2.24) is 19.8 Å². The molecule has 1 aromatic rings. The number of piperidine rings is 1. The van der Waals surface area contributed by atoms with E-state index in [4.69, 9.17) is 5.11 Å². The zero-order valence-electron chi connectivity index (χ0n) is 13.5. The van der Waals surface area contributed by atoms with Crippen molar-refractivity contribution < 1.29 is 14.7 Å². The van der Waals surface area contributed by atoms with Crippen LogP contribution in [0.3, 0.4) is 0 Å². The van der Waals surface area contributed by atoms with Crippen LogP contribution in [0.1, 0.15) is 24.8 Å². The maximum atomic E-state index is 12.7. The lowest BCUT2D eigenvalue weighted by atomic mass is 9.78. The number of β-amino-alcohol motifs (C(OH)–C–C–N with tert-alkyl or cyclic N) is 1. The highest BCUT2D eigenvalue weighted by Crippen LogP contribution is 2.40. The summed E-state index contributed by atoms with van der Waals surface area (Å²) in [6.07, 6.45) is 4.98. The molecular formula is C16H22N4O4. The van der Waals surface area contributed by atoms with Crippen molar-refractivity contribution in [2.24, 2.45) is 5.41 Å². The van der Waals surface area contributed by atoms with Gasteiger partial charge in [0.05, 0.1) is 24.8 Å². The normalized spacial score (nSPS) is 24.0. The maximum Gasteiger partial charge on any atom is 0.254 e. The summed E-state index contributed by atoms with van der Waals surface area (Å²) >= 11 is 0. The van der Waals surface area contributed by atoms with E-state index in [0.29, 0.717) is 38.2 Å². The summed E-state index contributed by atoms with van der Waals surface area (Å²) in [7, 11) is 0. The molecule has 130 valence electrons. The number of amides is 2. The largest absolute Gasteiger partial charge is 0.395 e. The van der Waals surface area contributed by atoms with Crippen LogP contribution >= 0.6 is 0 Å².